The first-order valence-electron chi connectivity index (χ1n) is 6.75. The van der Waals surface area contributed by atoms with Crippen molar-refractivity contribution in [3.8, 4) is 0 Å². The van der Waals surface area contributed by atoms with Crippen LogP contribution >= 0.6 is 0 Å². The quantitative estimate of drug-likeness (QED) is 0.865. The van der Waals surface area contributed by atoms with Crippen LogP contribution in [0.15, 0.2) is 30.3 Å². The molecule has 1 aliphatic rings. The molecule has 18 heavy (non-hydrogen) atoms. The van der Waals surface area contributed by atoms with Gasteiger partial charge in [0.25, 0.3) is 0 Å². The van der Waals surface area contributed by atoms with E-state index < -0.39 is 0 Å². The largest absolute Gasteiger partial charge is 0.338 e. The molecule has 2 N–H and O–H groups in total. The van der Waals surface area contributed by atoms with Gasteiger partial charge in [0.05, 0.1) is 5.41 Å². The average molecular weight is 246 g/mol. The normalized spacial score (nSPS) is 17.0. The number of amides is 1. The second kappa shape index (κ2) is 5.53. The maximum atomic E-state index is 12.6. The van der Waals surface area contributed by atoms with Gasteiger partial charge in [-0.05, 0) is 25.3 Å². The summed E-state index contributed by atoms with van der Waals surface area (Å²) in [6, 6.07) is 10.1. The third kappa shape index (κ3) is 2.41. The lowest BCUT2D eigenvalue weighted by atomic mass is 9.68. The molecule has 3 nitrogen and oxygen atoms in total. The van der Waals surface area contributed by atoms with Crippen molar-refractivity contribution in [2.24, 2.45) is 11.1 Å². The Hall–Kier alpha value is -1.35. The Kier molecular flexibility index (Phi) is 4.02. The molecular formula is C15H22N2O. The highest BCUT2D eigenvalue weighted by Gasteiger charge is 2.44. The second-order valence-electron chi connectivity index (χ2n) is 5.14. The van der Waals surface area contributed by atoms with Gasteiger partial charge in [0.15, 0.2) is 0 Å². The Morgan fingerprint density at radius 1 is 1.33 bits per heavy atom. The highest BCUT2D eigenvalue weighted by Crippen LogP contribution is 2.41. The van der Waals surface area contributed by atoms with E-state index in [1.54, 1.807) is 0 Å². The van der Waals surface area contributed by atoms with Crippen LogP contribution in [-0.4, -0.2) is 23.9 Å². The van der Waals surface area contributed by atoms with Crippen molar-refractivity contribution in [2.75, 3.05) is 13.1 Å². The van der Waals surface area contributed by atoms with E-state index in [4.69, 9.17) is 5.73 Å². The minimum absolute atomic E-state index is 0.239. The molecule has 1 fully saturated rings. The van der Waals surface area contributed by atoms with Crippen molar-refractivity contribution < 1.29 is 4.79 Å². The van der Waals surface area contributed by atoms with Gasteiger partial charge in [-0.3, -0.25) is 4.79 Å². The lowest BCUT2D eigenvalue weighted by Crippen LogP contribution is -2.51. The zero-order chi connectivity index (χ0) is 13.0. The molecule has 1 amide bonds. The third-order valence-corrected chi connectivity index (χ3v) is 4.04. The van der Waals surface area contributed by atoms with Gasteiger partial charge in [0.2, 0.25) is 5.91 Å². The van der Waals surface area contributed by atoms with E-state index in [1.165, 1.54) is 5.56 Å². The summed E-state index contributed by atoms with van der Waals surface area (Å²) < 4.78 is 0. The van der Waals surface area contributed by atoms with Crippen molar-refractivity contribution in [3.05, 3.63) is 35.9 Å². The van der Waals surface area contributed by atoms with Gasteiger partial charge in [0, 0.05) is 19.6 Å². The molecule has 0 spiro atoms. The number of carbonyl (C=O) groups excluding carboxylic acids is 1. The molecule has 1 aliphatic carbocycles. The fourth-order valence-electron chi connectivity index (χ4n) is 2.58. The molecule has 0 heterocycles. The molecule has 0 radical (unpaired) electrons. The van der Waals surface area contributed by atoms with Crippen LogP contribution in [0.25, 0.3) is 0 Å². The highest BCUT2D eigenvalue weighted by molar-refractivity contribution is 5.83. The van der Waals surface area contributed by atoms with Gasteiger partial charge in [-0.1, -0.05) is 36.8 Å². The van der Waals surface area contributed by atoms with Crippen molar-refractivity contribution in [2.45, 2.75) is 32.7 Å². The minimum atomic E-state index is -0.259. The number of nitrogens with zero attached hydrogens (tertiary/aromatic N) is 1. The first-order chi connectivity index (χ1) is 8.72. The molecular weight excluding hydrogens is 224 g/mol. The smallest absolute Gasteiger partial charge is 0.230 e. The maximum absolute atomic E-state index is 12.6. The monoisotopic (exact) mass is 246 g/mol. The molecule has 0 aromatic heterocycles. The predicted molar refractivity (Wildman–Crippen MR) is 72.9 cm³/mol. The Bertz CT molecular complexity index is 393. The van der Waals surface area contributed by atoms with Crippen molar-refractivity contribution in [3.63, 3.8) is 0 Å². The van der Waals surface area contributed by atoms with Crippen LogP contribution < -0.4 is 5.73 Å². The molecule has 3 heteroatoms. The van der Waals surface area contributed by atoms with Crippen LogP contribution in [0.3, 0.4) is 0 Å². The van der Waals surface area contributed by atoms with E-state index in [9.17, 15) is 4.79 Å². The maximum Gasteiger partial charge on any atom is 0.230 e. The molecule has 0 aliphatic heterocycles. The molecule has 0 saturated heterocycles. The van der Waals surface area contributed by atoms with Crippen molar-refractivity contribution >= 4 is 5.91 Å². The zero-order valence-corrected chi connectivity index (χ0v) is 11.1. The summed E-state index contributed by atoms with van der Waals surface area (Å²) in [5.41, 5.74) is 6.73. The van der Waals surface area contributed by atoms with Crippen LogP contribution in [0.4, 0.5) is 0 Å². The van der Waals surface area contributed by atoms with E-state index in [-0.39, 0.29) is 11.3 Å². The Morgan fingerprint density at radius 3 is 2.44 bits per heavy atom. The number of hydrogen-bond acceptors (Lipinski definition) is 2. The summed E-state index contributed by atoms with van der Waals surface area (Å²) in [5, 5.41) is 0. The summed E-state index contributed by atoms with van der Waals surface area (Å²) in [6.45, 7) is 3.95. The molecule has 0 bridgehead atoms. The summed E-state index contributed by atoms with van der Waals surface area (Å²) >= 11 is 0. The van der Waals surface area contributed by atoms with E-state index in [0.717, 1.165) is 25.8 Å². The number of carbonyl (C=O) groups is 1. The molecule has 1 saturated carbocycles. The summed E-state index contributed by atoms with van der Waals surface area (Å²) in [5.74, 6) is 0.239. The summed E-state index contributed by atoms with van der Waals surface area (Å²) in [6.07, 6.45) is 3.03. The Morgan fingerprint density at radius 2 is 2.00 bits per heavy atom. The molecule has 1 aromatic rings. The van der Waals surface area contributed by atoms with Crippen molar-refractivity contribution in [1.82, 2.24) is 4.90 Å². The lowest BCUT2D eigenvalue weighted by molar-refractivity contribution is -0.147. The fraction of sp³-hybridized carbons (Fsp3) is 0.533. The zero-order valence-electron chi connectivity index (χ0n) is 11.1. The molecule has 1 aromatic carbocycles. The van der Waals surface area contributed by atoms with Crippen molar-refractivity contribution in [1.29, 1.82) is 0 Å². The van der Waals surface area contributed by atoms with Crippen LogP contribution in [-0.2, 0) is 11.3 Å². The van der Waals surface area contributed by atoms with E-state index >= 15 is 0 Å². The van der Waals surface area contributed by atoms with E-state index in [1.807, 2.05) is 30.0 Å². The number of nitrogens with two attached hydrogens (primary N) is 1. The highest BCUT2D eigenvalue weighted by atomic mass is 16.2. The van der Waals surface area contributed by atoms with Gasteiger partial charge in [-0.25, -0.2) is 0 Å². The second-order valence-corrected chi connectivity index (χ2v) is 5.14. The average Bonchev–Trinajstić information content (AvgIpc) is 2.36. The van der Waals surface area contributed by atoms with Crippen LogP contribution in [0, 0.1) is 5.41 Å². The van der Waals surface area contributed by atoms with Gasteiger partial charge < -0.3 is 10.6 Å². The summed E-state index contributed by atoms with van der Waals surface area (Å²) in [4.78, 5) is 14.5. The van der Waals surface area contributed by atoms with Gasteiger partial charge in [-0.15, -0.1) is 0 Å². The predicted octanol–water partition coefficient (Wildman–Crippen LogP) is 2.16. The van der Waals surface area contributed by atoms with E-state index in [0.29, 0.717) is 13.1 Å². The molecule has 0 atom stereocenters. The molecule has 2 rings (SSSR count). The third-order valence-electron chi connectivity index (χ3n) is 4.04. The Balaban J connectivity index is 2.07. The topological polar surface area (TPSA) is 46.3 Å². The van der Waals surface area contributed by atoms with Gasteiger partial charge in [-0.2, -0.15) is 0 Å². The molecule has 0 unspecified atom stereocenters. The summed E-state index contributed by atoms with van der Waals surface area (Å²) in [7, 11) is 0. The lowest BCUT2D eigenvalue weighted by Gasteiger charge is -2.42. The molecule has 98 valence electrons. The number of hydrogen-bond donors (Lipinski definition) is 1. The fourth-order valence-corrected chi connectivity index (χ4v) is 2.58. The SMILES string of the molecule is CCN(Cc1ccccc1)C(=O)C1(CN)CCC1. The van der Waals surface area contributed by atoms with Crippen LogP contribution in [0.1, 0.15) is 31.7 Å². The number of rotatable bonds is 5. The first-order valence-corrected chi connectivity index (χ1v) is 6.75. The first kappa shape index (κ1) is 13.1. The van der Waals surface area contributed by atoms with Crippen LogP contribution in [0.2, 0.25) is 0 Å². The Labute approximate surface area is 109 Å². The standard InChI is InChI=1S/C15H22N2O/c1-2-17(11-13-7-4-3-5-8-13)14(18)15(12-16)9-6-10-15/h3-5,7-8H,2,6,9-12,16H2,1H3. The van der Waals surface area contributed by atoms with E-state index in [2.05, 4.69) is 12.1 Å². The number of benzene rings is 1. The van der Waals surface area contributed by atoms with Crippen LogP contribution in [0.5, 0.6) is 0 Å². The minimum Gasteiger partial charge on any atom is -0.338 e. The van der Waals surface area contributed by atoms with Gasteiger partial charge >= 0.3 is 0 Å². The van der Waals surface area contributed by atoms with Gasteiger partial charge in [0.1, 0.15) is 0 Å².